The fourth-order valence-corrected chi connectivity index (χ4v) is 3.48. The molecule has 1 saturated heterocycles. The van der Waals surface area contributed by atoms with Gasteiger partial charge in [-0.2, -0.15) is 0 Å². The van der Waals surface area contributed by atoms with Crippen molar-refractivity contribution >= 4 is 17.9 Å². The third-order valence-electron chi connectivity index (χ3n) is 5.19. The number of carbonyl (C=O) groups excluding carboxylic acids is 2. The average Bonchev–Trinajstić information content (AvgIpc) is 2.80. The topological polar surface area (TPSA) is 93.7 Å². The molecule has 7 heteroatoms. The molecule has 1 aliphatic heterocycles. The Kier molecular flexibility index (Phi) is 8.63. The van der Waals surface area contributed by atoms with Crippen LogP contribution in [0, 0.1) is 0 Å². The number of phenols is 1. The normalized spacial score (nSPS) is 19.2. The summed E-state index contributed by atoms with van der Waals surface area (Å²) in [6, 6.07) is 16.5. The van der Waals surface area contributed by atoms with Gasteiger partial charge >= 0.3 is 0 Å². The largest absolute Gasteiger partial charge is 0.508 e. The third-order valence-corrected chi connectivity index (χ3v) is 5.19. The van der Waals surface area contributed by atoms with E-state index in [2.05, 4.69) is 16.2 Å². The van der Waals surface area contributed by atoms with Gasteiger partial charge in [0.2, 0.25) is 11.8 Å². The summed E-state index contributed by atoms with van der Waals surface area (Å²) in [5.41, 5.74) is 7.58. The highest BCUT2D eigenvalue weighted by molar-refractivity contribution is 5.91. The molecule has 7 nitrogen and oxygen atoms in total. The molecule has 1 atom stereocenters. The molecule has 2 aromatic rings. The number of hydrogen-bond acceptors (Lipinski definition) is 5. The van der Waals surface area contributed by atoms with Gasteiger partial charge in [-0.05, 0) is 48.7 Å². The maximum Gasteiger partial charge on any atom is 0.246 e. The number of aromatic hydroxyl groups is 1. The highest BCUT2D eigenvalue weighted by Gasteiger charge is 2.17. The Morgan fingerprint density at radius 1 is 1.00 bits per heavy atom. The molecule has 1 heterocycles. The molecule has 2 aromatic carbocycles. The first-order valence-electron chi connectivity index (χ1n) is 10.7. The van der Waals surface area contributed by atoms with Gasteiger partial charge in [0.1, 0.15) is 5.75 Å². The monoisotopic (exact) mass is 422 g/mol. The van der Waals surface area contributed by atoms with E-state index in [1.807, 2.05) is 48.5 Å². The molecule has 0 bridgehead atoms. The van der Waals surface area contributed by atoms with Crippen molar-refractivity contribution in [3.05, 3.63) is 71.8 Å². The lowest BCUT2D eigenvalue weighted by Gasteiger charge is -2.21. The Morgan fingerprint density at radius 2 is 1.77 bits per heavy atom. The van der Waals surface area contributed by atoms with Gasteiger partial charge in [0.05, 0.1) is 0 Å². The number of hydrogen-bond donors (Lipinski definition) is 4. The number of benzene rings is 2. The fraction of sp³-hybridized carbons (Fsp3) is 0.333. The standard InChI is InChI=1S/C24H30N4O3/c29-21-11-9-20(10-12-21)22-18-23(30)27-26-15-17-28(16-5-4-14-25-22)24(31)13-8-19-6-2-1-3-7-19/h1-3,6-13,22,25-26,29H,4-5,14-18H2,(H,27,30)/b13-8-. The number of nitrogens with one attached hydrogen (secondary N) is 3. The van der Waals surface area contributed by atoms with E-state index in [1.54, 1.807) is 23.1 Å². The minimum absolute atomic E-state index is 0.0400. The van der Waals surface area contributed by atoms with Crippen molar-refractivity contribution in [1.82, 2.24) is 21.1 Å². The van der Waals surface area contributed by atoms with Crippen LogP contribution < -0.4 is 16.2 Å². The van der Waals surface area contributed by atoms with E-state index < -0.39 is 0 Å². The van der Waals surface area contributed by atoms with Gasteiger partial charge in [-0.15, -0.1) is 0 Å². The first-order valence-corrected chi connectivity index (χ1v) is 10.7. The minimum atomic E-state index is -0.144. The molecule has 0 aromatic heterocycles. The second-order valence-electron chi connectivity index (χ2n) is 7.55. The smallest absolute Gasteiger partial charge is 0.246 e. The summed E-state index contributed by atoms with van der Waals surface area (Å²) in [5, 5.41) is 12.9. The van der Waals surface area contributed by atoms with Gasteiger partial charge in [0.15, 0.2) is 0 Å². The second kappa shape index (κ2) is 11.9. The highest BCUT2D eigenvalue weighted by atomic mass is 16.3. The van der Waals surface area contributed by atoms with E-state index in [0.717, 1.165) is 30.5 Å². The highest BCUT2D eigenvalue weighted by Crippen LogP contribution is 2.20. The summed E-state index contributed by atoms with van der Waals surface area (Å²) in [5.74, 6) is 0.0269. The number of phenolic OH excluding ortho intramolecular Hbond substituents is 1. The second-order valence-corrected chi connectivity index (χ2v) is 7.55. The van der Waals surface area contributed by atoms with Crippen LogP contribution in [-0.4, -0.2) is 48.0 Å². The summed E-state index contributed by atoms with van der Waals surface area (Å²) in [6.45, 7) is 2.36. The van der Waals surface area contributed by atoms with Crippen molar-refractivity contribution in [3.8, 4) is 5.75 Å². The fourth-order valence-electron chi connectivity index (χ4n) is 3.48. The Bertz CT molecular complexity index is 868. The summed E-state index contributed by atoms with van der Waals surface area (Å²) in [7, 11) is 0. The van der Waals surface area contributed by atoms with Crippen LogP contribution in [0.15, 0.2) is 60.7 Å². The lowest BCUT2D eigenvalue weighted by molar-refractivity contribution is -0.126. The van der Waals surface area contributed by atoms with Crippen molar-refractivity contribution in [2.45, 2.75) is 25.3 Å². The van der Waals surface area contributed by atoms with Crippen LogP contribution >= 0.6 is 0 Å². The van der Waals surface area contributed by atoms with Gasteiger partial charge in [-0.25, -0.2) is 5.43 Å². The van der Waals surface area contributed by atoms with Gasteiger partial charge in [0.25, 0.3) is 0 Å². The molecule has 31 heavy (non-hydrogen) atoms. The Hall–Kier alpha value is -3.16. The first-order chi connectivity index (χ1) is 15.1. The number of hydrazine groups is 1. The van der Waals surface area contributed by atoms with Crippen LogP contribution in [0.1, 0.15) is 36.4 Å². The molecular weight excluding hydrogens is 392 g/mol. The molecule has 1 fully saturated rings. The number of amides is 2. The minimum Gasteiger partial charge on any atom is -0.508 e. The Labute approximate surface area is 183 Å². The molecule has 164 valence electrons. The SMILES string of the molecule is O=C1CC(c2ccc(O)cc2)NCCCCN(C(=O)/C=C\c2ccccc2)CCNN1. The molecule has 3 rings (SSSR count). The molecule has 2 amide bonds. The molecule has 1 unspecified atom stereocenters. The molecule has 0 saturated carbocycles. The number of carbonyl (C=O) groups is 2. The van der Waals surface area contributed by atoms with Gasteiger partial charge in [-0.3, -0.25) is 15.0 Å². The van der Waals surface area contributed by atoms with E-state index in [1.165, 1.54) is 0 Å². The summed E-state index contributed by atoms with van der Waals surface area (Å²) >= 11 is 0. The number of rotatable bonds is 3. The van der Waals surface area contributed by atoms with Crippen molar-refractivity contribution in [2.24, 2.45) is 0 Å². The zero-order valence-corrected chi connectivity index (χ0v) is 17.6. The van der Waals surface area contributed by atoms with Crippen LogP contribution in [0.25, 0.3) is 6.08 Å². The summed E-state index contributed by atoms with van der Waals surface area (Å²) in [4.78, 5) is 26.8. The Morgan fingerprint density at radius 3 is 2.55 bits per heavy atom. The van der Waals surface area contributed by atoms with E-state index in [0.29, 0.717) is 19.6 Å². The van der Waals surface area contributed by atoms with Crippen LogP contribution in [0.2, 0.25) is 0 Å². The maximum atomic E-state index is 12.7. The lowest BCUT2D eigenvalue weighted by Crippen LogP contribution is -2.44. The molecule has 0 spiro atoms. The average molecular weight is 423 g/mol. The van der Waals surface area contributed by atoms with Crippen molar-refractivity contribution < 1.29 is 14.7 Å². The lowest BCUT2D eigenvalue weighted by atomic mass is 10.0. The van der Waals surface area contributed by atoms with E-state index in [9.17, 15) is 14.7 Å². The predicted octanol–water partition coefficient (Wildman–Crippen LogP) is 2.37. The molecule has 4 N–H and O–H groups in total. The zero-order valence-electron chi connectivity index (χ0n) is 17.6. The van der Waals surface area contributed by atoms with E-state index >= 15 is 0 Å². The summed E-state index contributed by atoms with van der Waals surface area (Å²) in [6.07, 6.45) is 5.45. The predicted molar refractivity (Wildman–Crippen MR) is 121 cm³/mol. The number of nitrogens with zero attached hydrogens (tertiary/aromatic N) is 1. The first kappa shape index (κ1) is 22.5. The Balaban J connectivity index is 1.59. The van der Waals surface area contributed by atoms with E-state index in [4.69, 9.17) is 0 Å². The van der Waals surface area contributed by atoms with Gasteiger partial charge in [0, 0.05) is 38.2 Å². The van der Waals surface area contributed by atoms with E-state index in [-0.39, 0.29) is 30.0 Å². The van der Waals surface area contributed by atoms with Crippen LogP contribution in [0.3, 0.4) is 0 Å². The molecular formula is C24H30N4O3. The molecule has 0 aliphatic carbocycles. The zero-order chi connectivity index (χ0) is 21.9. The van der Waals surface area contributed by atoms with Gasteiger partial charge in [-0.1, -0.05) is 42.5 Å². The summed E-state index contributed by atoms with van der Waals surface area (Å²) < 4.78 is 0. The van der Waals surface area contributed by atoms with Crippen molar-refractivity contribution in [1.29, 1.82) is 0 Å². The van der Waals surface area contributed by atoms with Crippen LogP contribution in [0.4, 0.5) is 0 Å². The van der Waals surface area contributed by atoms with Crippen LogP contribution in [-0.2, 0) is 9.59 Å². The van der Waals surface area contributed by atoms with Gasteiger partial charge < -0.3 is 15.3 Å². The third kappa shape index (κ3) is 7.55. The molecule has 1 aliphatic rings. The molecule has 0 radical (unpaired) electrons. The quantitative estimate of drug-likeness (QED) is 0.570. The van der Waals surface area contributed by atoms with Crippen molar-refractivity contribution in [3.63, 3.8) is 0 Å². The van der Waals surface area contributed by atoms with Crippen molar-refractivity contribution in [2.75, 3.05) is 26.2 Å². The van der Waals surface area contributed by atoms with Crippen LogP contribution in [0.5, 0.6) is 5.75 Å². The maximum absolute atomic E-state index is 12.7.